The Labute approximate surface area is 113 Å². The van der Waals surface area contributed by atoms with Crippen molar-refractivity contribution in [3.63, 3.8) is 0 Å². The van der Waals surface area contributed by atoms with Crippen molar-refractivity contribution in [3.05, 3.63) is 60.2 Å². The van der Waals surface area contributed by atoms with Crippen LogP contribution in [0.25, 0.3) is 0 Å². The van der Waals surface area contributed by atoms with Crippen LogP contribution in [0.15, 0.2) is 65.1 Å². The van der Waals surface area contributed by atoms with Gasteiger partial charge in [0.25, 0.3) is 0 Å². The first kappa shape index (κ1) is 13.0. The van der Waals surface area contributed by atoms with Crippen LogP contribution in [0.3, 0.4) is 0 Å². The Bertz CT molecular complexity index is 505. The molecule has 2 nitrogen and oxygen atoms in total. The number of nitrogens with zero attached hydrogens (tertiary/aromatic N) is 1. The molecule has 1 aliphatic heterocycles. The quantitative estimate of drug-likeness (QED) is 0.896. The minimum absolute atomic E-state index is 0.231. The number of hydrogen-bond acceptors (Lipinski definition) is 3. The van der Waals surface area contributed by atoms with E-state index in [0.29, 0.717) is 6.54 Å². The van der Waals surface area contributed by atoms with Crippen LogP contribution in [-0.2, 0) is 0 Å². The van der Waals surface area contributed by atoms with Gasteiger partial charge in [0.1, 0.15) is 0 Å². The Morgan fingerprint density at radius 1 is 1.33 bits per heavy atom. The standard InChI is InChI=1S/C15H18N2S/c1-4-12-14(5-2)18-15-9-7-6-8-13(15)17(12)11(3)10-16/h4-9,11H,1-2,10,16H2,3H3. The van der Waals surface area contributed by atoms with Gasteiger partial charge in [0.15, 0.2) is 0 Å². The van der Waals surface area contributed by atoms with Gasteiger partial charge in [-0.05, 0) is 25.1 Å². The summed E-state index contributed by atoms with van der Waals surface area (Å²) in [5.74, 6) is 0. The fourth-order valence-corrected chi connectivity index (χ4v) is 3.11. The molecule has 0 fully saturated rings. The van der Waals surface area contributed by atoms with Gasteiger partial charge in [-0.3, -0.25) is 0 Å². The van der Waals surface area contributed by atoms with Crippen molar-refractivity contribution >= 4 is 17.4 Å². The summed E-state index contributed by atoms with van der Waals surface area (Å²) in [5, 5.41) is 0. The molecule has 0 bridgehead atoms. The van der Waals surface area contributed by atoms with E-state index in [1.54, 1.807) is 11.8 Å². The van der Waals surface area contributed by atoms with Crippen LogP contribution in [-0.4, -0.2) is 12.6 Å². The van der Waals surface area contributed by atoms with Crippen LogP contribution in [0.2, 0.25) is 0 Å². The second kappa shape index (κ2) is 5.46. The van der Waals surface area contributed by atoms with Crippen LogP contribution < -0.4 is 10.6 Å². The Morgan fingerprint density at radius 2 is 2.06 bits per heavy atom. The van der Waals surface area contributed by atoms with Crippen LogP contribution in [0.5, 0.6) is 0 Å². The predicted octanol–water partition coefficient (Wildman–Crippen LogP) is 3.53. The topological polar surface area (TPSA) is 29.3 Å². The number of thioether (sulfide) groups is 1. The fraction of sp³-hybridized carbons (Fsp3) is 0.200. The van der Waals surface area contributed by atoms with Crippen molar-refractivity contribution < 1.29 is 0 Å². The third-order valence-corrected chi connectivity index (χ3v) is 4.18. The normalized spacial score (nSPS) is 16.2. The number of allylic oxidation sites excluding steroid dienone is 2. The van der Waals surface area contributed by atoms with E-state index in [2.05, 4.69) is 49.2 Å². The maximum absolute atomic E-state index is 5.83. The Morgan fingerprint density at radius 3 is 2.67 bits per heavy atom. The van der Waals surface area contributed by atoms with Gasteiger partial charge in [0, 0.05) is 22.4 Å². The molecule has 1 aliphatic rings. The number of fused-ring (bicyclic) bond motifs is 1. The molecule has 0 aromatic heterocycles. The van der Waals surface area contributed by atoms with E-state index in [1.807, 2.05) is 12.2 Å². The molecule has 18 heavy (non-hydrogen) atoms. The third kappa shape index (κ3) is 2.11. The Hall–Kier alpha value is -1.45. The molecule has 3 heteroatoms. The Kier molecular flexibility index (Phi) is 3.94. The Balaban J connectivity index is 2.59. The van der Waals surface area contributed by atoms with Gasteiger partial charge in [-0.15, -0.1) is 0 Å². The van der Waals surface area contributed by atoms with Gasteiger partial charge in [-0.2, -0.15) is 0 Å². The zero-order valence-electron chi connectivity index (χ0n) is 10.6. The van der Waals surface area contributed by atoms with Crippen molar-refractivity contribution in [2.24, 2.45) is 5.73 Å². The molecule has 0 radical (unpaired) electrons. The van der Waals surface area contributed by atoms with Crippen LogP contribution in [0, 0.1) is 0 Å². The van der Waals surface area contributed by atoms with Crippen LogP contribution in [0.4, 0.5) is 5.69 Å². The second-order valence-corrected chi connectivity index (χ2v) is 5.27. The second-order valence-electron chi connectivity index (χ2n) is 4.18. The van der Waals surface area contributed by atoms with E-state index in [1.165, 1.54) is 10.6 Å². The van der Waals surface area contributed by atoms with Gasteiger partial charge in [0.2, 0.25) is 0 Å². The lowest BCUT2D eigenvalue weighted by molar-refractivity contribution is 0.697. The molecule has 0 saturated heterocycles. The SMILES string of the molecule is C=CC1=C(C=C)N(C(C)CN)c2ccccc2S1. The highest BCUT2D eigenvalue weighted by Gasteiger charge is 2.25. The predicted molar refractivity (Wildman–Crippen MR) is 80.7 cm³/mol. The van der Waals surface area contributed by atoms with Crippen molar-refractivity contribution in [2.45, 2.75) is 17.9 Å². The molecule has 1 aromatic rings. The zero-order valence-corrected chi connectivity index (χ0v) is 11.4. The van der Waals surface area contributed by atoms with Gasteiger partial charge >= 0.3 is 0 Å². The molecule has 1 aromatic carbocycles. The summed E-state index contributed by atoms with van der Waals surface area (Å²) in [6.07, 6.45) is 3.76. The molecular weight excluding hydrogens is 240 g/mol. The van der Waals surface area contributed by atoms with Gasteiger partial charge in [-0.1, -0.05) is 43.1 Å². The summed E-state index contributed by atoms with van der Waals surface area (Å²) < 4.78 is 0. The molecule has 2 N–H and O–H groups in total. The molecule has 0 amide bonds. The van der Waals surface area contributed by atoms with Gasteiger partial charge in [-0.25, -0.2) is 0 Å². The minimum Gasteiger partial charge on any atom is -0.336 e. The molecule has 0 spiro atoms. The first-order valence-electron chi connectivity index (χ1n) is 5.98. The maximum atomic E-state index is 5.83. The summed E-state index contributed by atoms with van der Waals surface area (Å²) in [6, 6.07) is 8.58. The summed E-state index contributed by atoms with van der Waals surface area (Å²) in [7, 11) is 0. The lowest BCUT2D eigenvalue weighted by Gasteiger charge is -2.37. The molecule has 1 heterocycles. The van der Waals surface area contributed by atoms with E-state index in [-0.39, 0.29) is 6.04 Å². The fourth-order valence-electron chi connectivity index (χ4n) is 2.09. The van der Waals surface area contributed by atoms with Crippen molar-refractivity contribution in [2.75, 3.05) is 11.4 Å². The lowest BCUT2D eigenvalue weighted by Crippen LogP contribution is -2.39. The van der Waals surface area contributed by atoms with E-state index in [0.717, 1.165) is 10.6 Å². The average molecular weight is 258 g/mol. The first-order chi connectivity index (χ1) is 8.72. The largest absolute Gasteiger partial charge is 0.336 e. The highest BCUT2D eigenvalue weighted by Crippen LogP contribution is 2.44. The maximum Gasteiger partial charge on any atom is 0.0555 e. The molecular formula is C15H18N2S. The molecule has 2 rings (SSSR count). The summed E-state index contributed by atoms with van der Waals surface area (Å²) in [5.41, 5.74) is 8.12. The average Bonchev–Trinajstić information content (AvgIpc) is 2.44. The number of benzene rings is 1. The lowest BCUT2D eigenvalue weighted by atomic mass is 10.1. The van der Waals surface area contributed by atoms with Crippen molar-refractivity contribution in [1.82, 2.24) is 0 Å². The van der Waals surface area contributed by atoms with E-state index >= 15 is 0 Å². The minimum atomic E-state index is 0.231. The first-order valence-corrected chi connectivity index (χ1v) is 6.80. The molecule has 1 atom stereocenters. The van der Waals surface area contributed by atoms with Crippen LogP contribution >= 0.6 is 11.8 Å². The van der Waals surface area contributed by atoms with Crippen LogP contribution in [0.1, 0.15) is 6.92 Å². The molecule has 0 aliphatic carbocycles. The van der Waals surface area contributed by atoms with E-state index < -0.39 is 0 Å². The smallest absolute Gasteiger partial charge is 0.0555 e. The summed E-state index contributed by atoms with van der Waals surface area (Å²) in [6.45, 7) is 10.5. The zero-order chi connectivity index (χ0) is 13.1. The van der Waals surface area contributed by atoms with E-state index in [9.17, 15) is 0 Å². The molecule has 0 saturated carbocycles. The molecule has 1 unspecified atom stereocenters. The van der Waals surface area contributed by atoms with Crippen molar-refractivity contribution in [3.8, 4) is 0 Å². The number of rotatable bonds is 4. The highest BCUT2D eigenvalue weighted by molar-refractivity contribution is 8.03. The highest BCUT2D eigenvalue weighted by atomic mass is 32.2. The monoisotopic (exact) mass is 258 g/mol. The summed E-state index contributed by atoms with van der Waals surface area (Å²) >= 11 is 1.73. The number of anilines is 1. The number of nitrogens with two attached hydrogens (primary N) is 1. The van der Waals surface area contributed by atoms with E-state index in [4.69, 9.17) is 5.73 Å². The van der Waals surface area contributed by atoms with Gasteiger partial charge in [0.05, 0.1) is 11.4 Å². The third-order valence-electron chi connectivity index (χ3n) is 3.02. The summed E-state index contributed by atoms with van der Waals surface area (Å²) in [4.78, 5) is 4.61. The van der Waals surface area contributed by atoms with Gasteiger partial charge < -0.3 is 10.6 Å². The number of para-hydroxylation sites is 1. The van der Waals surface area contributed by atoms with Crippen molar-refractivity contribution in [1.29, 1.82) is 0 Å². The number of hydrogen-bond donors (Lipinski definition) is 1. The molecule has 94 valence electrons.